The molecular weight excluding hydrogens is 286 g/mol. The molecule has 0 aliphatic carbocycles. The molecule has 1 aromatic carbocycles. The van der Waals surface area contributed by atoms with E-state index in [9.17, 15) is 19.5 Å². The monoisotopic (exact) mass is 307 g/mol. The summed E-state index contributed by atoms with van der Waals surface area (Å²) in [6.07, 6.45) is -0.442. The average molecular weight is 307 g/mol. The minimum atomic E-state index is -1.13. The molecule has 2 N–H and O–H groups in total. The number of hydrogen-bond donors (Lipinski definition) is 2. The number of nitrogens with one attached hydrogen (secondary N) is 1. The zero-order chi connectivity index (χ0) is 16.8. The molecule has 0 fully saturated rings. The van der Waals surface area contributed by atoms with Gasteiger partial charge in [-0.15, -0.1) is 0 Å². The van der Waals surface area contributed by atoms with E-state index in [-0.39, 0.29) is 6.61 Å². The first-order valence-corrected chi connectivity index (χ1v) is 7.06. The Labute approximate surface area is 129 Å². The van der Waals surface area contributed by atoms with Crippen molar-refractivity contribution in [2.45, 2.75) is 32.7 Å². The SMILES string of the molecule is CCOC(=O)CC(=O)NC(C)(c1ccccc1)C(C)C(=O)O. The third-order valence-electron chi connectivity index (χ3n) is 3.62. The lowest BCUT2D eigenvalue weighted by atomic mass is 9.80. The quantitative estimate of drug-likeness (QED) is 0.590. The van der Waals surface area contributed by atoms with E-state index in [0.29, 0.717) is 5.56 Å². The van der Waals surface area contributed by atoms with Crippen LogP contribution >= 0.6 is 0 Å². The maximum atomic E-state index is 12.0. The van der Waals surface area contributed by atoms with Gasteiger partial charge in [0.25, 0.3) is 0 Å². The molecule has 0 aromatic heterocycles. The first-order chi connectivity index (χ1) is 10.3. The van der Waals surface area contributed by atoms with Crippen LogP contribution in [0.3, 0.4) is 0 Å². The lowest BCUT2D eigenvalue weighted by molar-refractivity contribution is -0.147. The van der Waals surface area contributed by atoms with Crippen molar-refractivity contribution in [2.24, 2.45) is 5.92 Å². The van der Waals surface area contributed by atoms with E-state index in [1.807, 2.05) is 0 Å². The molecule has 22 heavy (non-hydrogen) atoms. The fourth-order valence-corrected chi connectivity index (χ4v) is 2.14. The summed E-state index contributed by atoms with van der Waals surface area (Å²) in [5.74, 6) is -3.12. The second-order valence-corrected chi connectivity index (χ2v) is 5.16. The normalized spacial score (nSPS) is 14.5. The molecule has 0 aliphatic heterocycles. The fraction of sp³-hybridized carbons (Fsp3) is 0.438. The number of amides is 1. The van der Waals surface area contributed by atoms with Crippen LogP contribution in [0.15, 0.2) is 30.3 Å². The molecule has 6 heteroatoms. The largest absolute Gasteiger partial charge is 0.481 e. The van der Waals surface area contributed by atoms with Gasteiger partial charge in [0, 0.05) is 0 Å². The number of hydrogen-bond acceptors (Lipinski definition) is 4. The number of esters is 1. The molecular formula is C16H21NO5. The summed E-state index contributed by atoms with van der Waals surface area (Å²) in [6.45, 7) is 4.98. The van der Waals surface area contributed by atoms with Gasteiger partial charge < -0.3 is 15.2 Å². The van der Waals surface area contributed by atoms with E-state index in [1.165, 1.54) is 6.92 Å². The maximum Gasteiger partial charge on any atom is 0.315 e. The number of benzene rings is 1. The molecule has 1 rings (SSSR count). The highest BCUT2D eigenvalue weighted by atomic mass is 16.5. The van der Waals surface area contributed by atoms with E-state index < -0.39 is 35.7 Å². The molecule has 1 amide bonds. The highest BCUT2D eigenvalue weighted by Gasteiger charge is 2.39. The lowest BCUT2D eigenvalue weighted by Crippen LogP contribution is -2.51. The van der Waals surface area contributed by atoms with Gasteiger partial charge in [-0.2, -0.15) is 0 Å². The molecule has 120 valence electrons. The van der Waals surface area contributed by atoms with Crippen LogP contribution in [-0.4, -0.2) is 29.6 Å². The minimum Gasteiger partial charge on any atom is -0.481 e. The van der Waals surface area contributed by atoms with Crippen LogP contribution in [0.2, 0.25) is 0 Å². The third-order valence-corrected chi connectivity index (χ3v) is 3.62. The fourth-order valence-electron chi connectivity index (χ4n) is 2.14. The van der Waals surface area contributed by atoms with Crippen molar-refractivity contribution in [1.82, 2.24) is 5.32 Å². The van der Waals surface area contributed by atoms with E-state index in [1.54, 1.807) is 44.2 Å². The molecule has 0 radical (unpaired) electrons. The lowest BCUT2D eigenvalue weighted by Gasteiger charge is -2.35. The van der Waals surface area contributed by atoms with Gasteiger partial charge in [0.05, 0.1) is 18.1 Å². The Morgan fingerprint density at radius 1 is 1.27 bits per heavy atom. The van der Waals surface area contributed by atoms with Crippen molar-refractivity contribution < 1.29 is 24.2 Å². The molecule has 0 heterocycles. The first kappa shape index (κ1) is 17.7. The molecule has 2 atom stereocenters. The smallest absolute Gasteiger partial charge is 0.315 e. The number of ether oxygens (including phenoxy) is 1. The van der Waals surface area contributed by atoms with Gasteiger partial charge in [-0.25, -0.2) is 0 Å². The number of aliphatic carboxylic acids is 1. The first-order valence-electron chi connectivity index (χ1n) is 7.06. The number of carbonyl (C=O) groups is 3. The van der Waals surface area contributed by atoms with Gasteiger partial charge in [0.15, 0.2) is 0 Å². The van der Waals surface area contributed by atoms with Crippen LogP contribution in [0.1, 0.15) is 32.8 Å². The Hall–Kier alpha value is -2.37. The Bertz CT molecular complexity index is 543. The molecule has 0 spiro atoms. The van der Waals surface area contributed by atoms with Gasteiger partial charge in [-0.1, -0.05) is 30.3 Å². The van der Waals surface area contributed by atoms with Crippen molar-refractivity contribution in [1.29, 1.82) is 0 Å². The van der Waals surface area contributed by atoms with Gasteiger partial charge in [0.1, 0.15) is 6.42 Å². The summed E-state index contributed by atoms with van der Waals surface area (Å²) in [5, 5.41) is 12.0. The second-order valence-electron chi connectivity index (χ2n) is 5.16. The summed E-state index contributed by atoms with van der Waals surface area (Å²) in [6, 6.07) is 8.81. The highest BCUT2D eigenvalue weighted by molar-refractivity contribution is 5.94. The average Bonchev–Trinajstić information content (AvgIpc) is 2.47. The molecule has 2 unspecified atom stereocenters. The number of carboxylic acids is 1. The van der Waals surface area contributed by atoms with Gasteiger partial charge in [-0.3, -0.25) is 14.4 Å². The summed E-state index contributed by atoms with van der Waals surface area (Å²) >= 11 is 0. The zero-order valence-corrected chi connectivity index (χ0v) is 13.0. The van der Waals surface area contributed by atoms with E-state index >= 15 is 0 Å². The van der Waals surface area contributed by atoms with Crippen LogP contribution in [0.5, 0.6) is 0 Å². The number of rotatable bonds is 7. The van der Waals surface area contributed by atoms with Crippen molar-refractivity contribution >= 4 is 17.8 Å². The van der Waals surface area contributed by atoms with Crippen molar-refractivity contribution in [3.8, 4) is 0 Å². The standard InChI is InChI=1S/C16H21NO5/c1-4-22-14(19)10-13(18)17-16(3,11(2)15(20)21)12-8-6-5-7-9-12/h5-9,11H,4,10H2,1-3H3,(H,17,18)(H,20,21). The minimum absolute atomic E-state index is 0.188. The Morgan fingerprint density at radius 2 is 1.86 bits per heavy atom. The predicted molar refractivity (Wildman–Crippen MR) is 80.0 cm³/mol. The number of carboxylic acid groups (broad SMARTS) is 1. The van der Waals surface area contributed by atoms with Crippen LogP contribution < -0.4 is 5.32 Å². The topological polar surface area (TPSA) is 92.7 Å². The predicted octanol–water partition coefficient (Wildman–Crippen LogP) is 1.69. The summed E-state index contributed by atoms with van der Waals surface area (Å²) in [4.78, 5) is 34.8. The molecule has 6 nitrogen and oxygen atoms in total. The second kappa shape index (κ2) is 7.59. The van der Waals surface area contributed by atoms with Crippen LogP contribution in [-0.2, 0) is 24.7 Å². The number of carbonyl (C=O) groups excluding carboxylic acids is 2. The zero-order valence-electron chi connectivity index (χ0n) is 13.0. The molecule has 0 saturated carbocycles. The third kappa shape index (κ3) is 4.31. The summed E-state index contributed by atoms with van der Waals surface area (Å²) in [5.41, 5.74) is -0.474. The van der Waals surface area contributed by atoms with Crippen LogP contribution in [0, 0.1) is 5.92 Å². The highest BCUT2D eigenvalue weighted by Crippen LogP contribution is 2.29. The Kier molecular flexibility index (Phi) is 6.10. The van der Waals surface area contributed by atoms with Crippen LogP contribution in [0.25, 0.3) is 0 Å². The molecule has 0 bridgehead atoms. The molecule has 0 saturated heterocycles. The van der Waals surface area contributed by atoms with Gasteiger partial charge >= 0.3 is 11.9 Å². The molecule has 1 aromatic rings. The summed E-state index contributed by atoms with van der Waals surface area (Å²) < 4.78 is 4.72. The Balaban J connectivity index is 3.00. The van der Waals surface area contributed by atoms with E-state index in [4.69, 9.17) is 4.74 Å². The van der Waals surface area contributed by atoms with Crippen LogP contribution in [0.4, 0.5) is 0 Å². The molecule has 0 aliphatic rings. The van der Waals surface area contributed by atoms with Crippen molar-refractivity contribution in [3.63, 3.8) is 0 Å². The summed E-state index contributed by atoms with van der Waals surface area (Å²) in [7, 11) is 0. The van der Waals surface area contributed by atoms with Gasteiger partial charge in [-0.05, 0) is 26.3 Å². The maximum absolute atomic E-state index is 12.0. The van der Waals surface area contributed by atoms with E-state index in [0.717, 1.165) is 0 Å². The van der Waals surface area contributed by atoms with Gasteiger partial charge in [0.2, 0.25) is 5.91 Å². The van der Waals surface area contributed by atoms with Crippen molar-refractivity contribution in [3.05, 3.63) is 35.9 Å². The van der Waals surface area contributed by atoms with E-state index in [2.05, 4.69) is 5.32 Å². The Morgan fingerprint density at radius 3 is 2.36 bits per heavy atom. The van der Waals surface area contributed by atoms with Crippen molar-refractivity contribution in [2.75, 3.05) is 6.61 Å².